The third-order valence-corrected chi connectivity index (χ3v) is 8.35. The van der Waals surface area contributed by atoms with Crippen LogP contribution in [0.2, 0.25) is 0 Å². The first-order chi connectivity index (χ1) is 24.8. The maximum absolute atomic E-state index is 9.65. The molecule has 206 valence electrons. The van der Waals surface area contributed by atoms with E-state index in [0.717, 1.165) is 38.6 Å². The fraction of sp³-hybridized carbons (Fsp3) is 0. The number of para-hydroxylation sites is 3. The van der Waals surface area contributed by atoms with Gasteiger partial charge in [0.2, 0.25) is 0 Å². The quantitative estimate of drug-likeness (QED) is 0.200. The summed E-state index contributed by atoms with van der Waals surface area (Å²) in [6, 6.07) is 39.9. The van der Waals surface area contributed by atoms with Gasteiger partial charge in [-0.3, -0.25) is 0 Å². The molecule has 7 aromatic carbocycles. The van der Waals surface area contributed by atoms with Gasteiger partial charge in [0.1, 0.15) is 0 Å². The first-order valence-corrected chi connectivity index (χ1v) is 14.5. The van der Waals surface area contributed by atoms with Crippen molar-refractivity contribution in [1.29, 1.82) is 0 Å². The van der Waals surface area contributed by atoms with Crippen LogP contribution in [0.25, 0.3) is 77.2 Å². The molecule has 0 spiro atoms. The van der Waals surface area contributed by atoms with Crippen LogP contribution in [0.5, 0.6) is 0 Å². The SMILES string of the molecule is [2H]c1c([2H])c([2H])c2c(c1[2H])c1c([2H])c(-c3ccc4c(c3)c3cc(-c5ccccc5)ccc3n4-c3ccccc3)c([2H])c([2H])c1n2-c1ccccc1. The molecule has 2 nitrogen and oxygen atoms in total. The Kier molecular flexibility index (Phi) is 4.17. The summed E-state index contributed by atoms with van der Waals surface area (Å²) >= 11 is 0. The van der Waals surface area contributed by atoms with E-state index in [-0.39, 0.29) is 57.6 Å². The molecule has 0 aliphatic carbocycles. The Labute approximate surface area is 265 Å². The van der Waals surface area contributed by atoms with E-state index in [0.29, 0.717) is 11.3 Å². The molecule has 0 saturated carbocycles. The van der Waals surface area contributed by atoms with Crippen molar-refractivity contribution in [3.05, 3.63) is 170 Å². The predicted molar refractivity (Wildman–Crippen MR) is 186 cm³/mol. The number of fused-ring (bicyclic) bond motifs is 6. The van der Waals surface area contributed by atoms with Crippen molar-refractivity contribution in [2.75, 3.05) is 0 Å². The summed E-state index contributed by atoms with van der Waals surface area (Å²) in [5.74, 6) is 0. The summed E-state index contributed by atoms with van der Waals surface area (Å²) < 4.78 is 67.0. The van der Waals surface area contributed by atoms with Crippen LogP contribution in [-0.2, 0) is 0 Å². The third kappa shape index (κ3) is 3.82. The Morgan fingerprint density at radius 1 is 0.364 bits per heavy atom. The zero-order chi connectivity index (χ0) is 35.1. The lowest BCUT2D eigenvalue weighted by Crippen LogP contribution is -1.93. The summed E-state index contributed by atoms with van der Waals surface area (Å²) in [6.07, 6.45) is 0. The van der Waals surface area contributed by atoms with E-state index in [1.54, 1.807) is 16.7 Å². The van der Waals surface area contributed by atoms with Gasteiger partial charge in [-0.05, 0) is 88.9 Å². The minimum Gasteiger partial charge on any atom is -0.309 e. The number of nitrogens with zero attached hydrogens (tertiary/aromatic N) is 2. The van der Waals surface area contributed by atoms with Crippen LogP contribution >= 0.6 is 0 Å². The number of rotatable bonds is 4. The van der Waals surface area contributed by atoms with Crippen LogP contribution in [0.1, 0.15) is 9.60 Å². The minimum absolute atomic E-state index is 0.0631. The van der Waals surface area contributed by atoms with Crippen molar-refractivity contribution in [3.8, 4) is 33.6 Å². The van der Waals surface area contributed by atoms with E-state index in [1.807, 2.05) is 72.8 Å². The summed E-state index contributed by atoms with van der Waals surface area (Å²) in [5.41, 5.74) is 6.85. The molecule has 0 unspecified atom stereocenters. The molecule has 9 aromatic rings. The van der Waals surface area contributed by atoms with Gasteiger partial charge in [-0.2, -0.15) is 0 Å². The van der Waals surface area contributed by atoms with Crippen LogP contribution in [0.15, 0.2) is 170 Å². The largest absolute Gasteiger partial charge is 0.309 e. The van der Waals surface area contributed by atoms with Crippen molar-refractivity contribution in [2.24, 2.45) is 0 Å². The summed E-state index contributed by atoms with van der Waals surface area (Å²) in [4.78, 5) is 0. The molecule has 0 amide bonds. The van der Waals surface area contributed by atoms with E-state index in [9.17, 15) is 4.11 Å². The zero-order valence-corrected chi connectivity index (χ0v) is 23.5. The van der Waals surface area contributed by atoms with Gasteiger partial charge in [0, 0.05) is 32.9 Å². The van der Waals surface area contributed by atoms with Crippen LogP contribution in [0, 0.1) is 0 Å². The maximum Gasteiger partial charge on any atom is 0.0645 e. The minimum atomic E-state index is -0.411. The molecule has 0 bridgehead atoms. The van der Waals surface area contributed by atoms with Gasteiger partial charge in [0.25, 0.3) is 0 Å². The first-order valence-electron chi connectivity index (χ1n) is 18.0. The number of hydrogen-bond donors (Lipinski definition) is 0. The molecule has 0 saturated heterocycles. The van der Waals surface area contributed by atoms with Gasteiger partial charge in [0.15, 0.2) is 0 Å². The van der Waals surface area contributed by atoms with Gasteiger partial charge in [-0.1, -0.05) is 103 Å². The van der Waals surface area contributed by atoms with E-state index >= 15 is 0 Å². The Hall–Kier alpha value is -5.86. The molecule has 2 heteroatoms. The van der Waals surface area contributed by atoms with Gasteiger partial charge >= 0.3 is 0 Å². The van der Waals surface area contributed by atoms with E-state index < -0.39 is 12.1 Å². The second kappa shape index (κ2) is 9.86. The average molecular weight is 568 g/mol. The monoisotopic (exact) mass is 567 g/mol. The summed E-state index contributed by atoms with van der Waals surface area (Å²) in [7, 11) is 0. The summed E-state index contributed by atoms with van der Waals surface area (Å²) in [6.45, 7) is 0. The maximum atomic E-state index is 9.65. The standard InChI is InChI=1S/C42H28N2/c1-4-12-29(13-5-1)30-20-23-41-37(26-30)38-28-32(22-25-42(38)44(41)34-16-8-3-9-17-34)31-21-24-40-36(27-31)35-18-10-11-19-39(35)43(40)33-14-6-2-7-15-33/h1-28H/i10D,11D,18D,19D,21D,24D,27D. The van der Waals surface area contributed by atoms with Crippen LogP contribution in [-0.4, -0.2) is 9.13 Å². The number of benzene rings is 7. The van der Waals surface area contributed by atoms with Gasteiger partial charge in [-0.15, -0.1) is 0 Å². The topological polar surface area (TPSA) is 9.86 Å². The second-order valence-corrected chi connectivity index (χ2v) is 10.9. The molecule has 0 aliphatic rings. The Morgan fingerprint density at radius 2 is 0.886 bits per heavy atom. The van der Waals surface area contributed by atoms with E-state index in [4.69, 9.17) is 5.48 Å². The Balaban J connectivity index is 1.39. The summed E-state index contributed by atoms with van der Waals surface area (Å²) in [5, 5.41) is 2.30. The van der Waals surface area contributed by atoms with Crippen LogP contribution < -0.4 is 0 Å². The van der Waals surface area contributed by atoms with E-state index in [2.05, 4.69) is 47.0 Å². The van der Waals surface area contributed by atoms with Crippen molar-refractivity contribution in [1.82, 2.24) is 9.13 Å². The molecule has 2 heterocycles. The van der Waals surface area contributed by atoms with Crippen molar-refractivity contribution < 1.29 is 9.60 Å². The van der Waals surface area contributed by atoms with Gasteiger partial charge < -0.3 is 9.13 Å². The average Bonchev–Trinajstić information content (AvgIpc) is 3.70. The normalized spacial score (nSPS) is 13.9. The first kappa shape index (κ1) is 18.6. The van der Waals surface area contributed by atoms with Gasteiger partial charge in [0.05, 0.1) is 31.7 Å². The van der Waals surface area contributed by atoms with Crippen LogP contribution in [0.3, 0.4) is 0 Å². The molecule has 0 N–H and O–H groups in total. The molecule has 9 rings (SSSR count). The number of hydrogen-bond acceptors (Lipinski definition) is 0. The fourth-order valence-corrected chi connectivity index (χ4v) is 6.34. The van der Waals surface area contributed by atoms with Gasteiger partial charge in [-0.25, -0.2) is 0 Å². The van der Waals surface area contributed by atoms with E-state index in [1.165, 1.54) is 0 Å². The second-order valence-electron chi connectivity index (χ2n) is 10.9. The highest BCUT2D eigenvalue weighted by Gasteiger charge is 2.16. The van der Waals surface area contributed by atoms with Crippen molar-refractivity contribution >= 4 is 43.6 Å². The highest BCUT2D eigenvalue weighted by Crippen LogP contribution is 2.39. The molecule has 0 radical (unpaired) electrons. The lowest BCUT2D eigenvalue weighted by molar-refractivity contribution is 1.18. The highest BCUT2D eigenvalue weighted by atomic mass is 15.0. The van der Waals surface area contributed by atoms with Crippen molar-refractivity contribution in [2.45, 2.75) is 0 Å². The lowest BCUT2D eigenvalue weighted by Gasteiger charge is -2.09. The van der Waals surface area contributed by atoms with Crippen molar-refractivity contribution in [3.63, 3.8) is 0 Å². The smallest absolute Gasteiger partial charge is 0.0645 e. The molecular formula is C42H28N2. The number of aromatic nitrogens is 2. The molecule has 0 aliphatic heterocycles. The Morgan fingerprint density at radius 3 is 1.52 bits per heavy atom. The zero-order valence-electron chi connectivity index (χ0n) is 30.5. The Bertz CT molecular complexity index is 2860. The van der Waals surface area contributed by atoms with Crippen LogP contribution in [0.4, 0.5) is 0 Å². The molecular weight excluding hydrogens is 532 g/mol. The third-order valence-electron chi connectivity index (χ3n) is 8.35. The lowest BCUT2D eigenvalue weighted by atomic mass is 9.99. The fourth-order valence-electron chi connectivity index (χ4n) is 6.34. The molecule has 2 aromatic heterocycles. The molecule has 0 fully saturated rings. The molecule has 0 atom stereocenters. The molecule has 44 heavy (non-hydrogen) atoms. The highest BCUT2D eigenvalue weighted by molar-refractivity contribution is 6.13. The predicted octanol–water partition coefficient (Wildman–Crippen LogP) is 11.2.